The lowest BCUT2D eigenvalue weighted by atomic mass is 10.2. The van der Waals surface area contributed by atoms with E-state index >= 15 is 0 Å². The molecule has 0 aliphatic carbocycles. The first kappa shape index (κ1) is 19.0. The van der Waals surface area contributed by atoms with Gasteiger partial charge in [-0.05, 0) is 48.6 Å². The largest absolute Gasteiger partial charge is 0.496 e. The first-order valence-electron chi connectivity index (χ1n) is 6.84. The number of amides is 1. The van der Waals surface area contributed by atoms with Gasteiger partial charge in [0.05, 0.1) is 18.2 Å². The normalized spacial score (nSPS) is 10.9. The van der Waals surface area contributed by atoms with Crippen LogP contribution in [-0.4, -0.2) is 18.1 Å². The molecule has 4 nitrogen and oxygen atoms in total. The lowest BCUT2D eigenvalue weighted by molar-refractivity contribution is -0.137. The Morgan fingerprint density at radius 2 is 1.92 bits per heavy atom. The topological polar surface area (TPSA) is 50.4 Å². The highest BCUT2D eigenvalue weighted by Gasteiger charge is 2.30. The van der Waals surface area contributed by atoms with Gasteiger partial charge in [0, 0.05) is 10.7 Å². The molecule has 2 rings (SSSR count). The van der Waals surface area contributed by atoms with Crippen LogP contribution in [0.25, 0.3) is 0 Å². The van der Waals surface area contributed by atoms with Crippen LogP contribution in [0.3, 0.4) is 0 Å². The van der Waals surface area contributed by atoms with Crippen molar-refractivity contribution in [2.75, 3.05) is 12.4 Å². The quantitative estimate of drug-likeness (QED) is 0.760. The van der Waals surface area contributed by atoms with Gasteiger partial charge in [0.25, 0.3) is 5.91 Å². The minimum atomic E-state index is -4.48. The Balaban J connectivity index is 2.11. The molecule has 0 radical (unpaired) electrons. The fourth-order valence-corrected chi connectivity index (χ4v) is 2.35. The van der Waals surface area contributed by atoms with Crippen molar-refractivity contribution in [2.45, 2.75) is 6.18 Å². The van der Waals surface area contributed by atoms with Crippen molar-refractivity contribution in [2.24, 2.45) is 0 Å². The molecule has 2 aromatic rings. The Morgan fingerprint density at radius 1 is 1.20 bits per heavy atom. The van der Waals surface area contributed by atoms with Crippen LogP contribution in [0.4, 0.5) is 18.9 Å². The van der Waals surface area contributed by atoms with Crippen molar-refractivity contribution in [3.63, 3.8) is 0 Å². The molecular weight excluding hydrogens is 377 g/mol. The van der Waals surface area contributed by atoms with Crippen molar-refractivity contribution < 1.29 is 22.7 Å². The van der Waals surface area contributed by atoms with E-state index in [1.807, 2.05) is 0 Å². The number of ether oxygens (including phenoxy) is 1. The van der Waals surface area contributed by atoms with Crippen LogP contribution in [-0.2, 0) is 6.18 Å². The number of hydrogen-bond acceptors (Lipinski definition) is 3. The zero-order valence-electron chi connectivity index (χ0n) is 12.8. The van der Waals surface area contributed by atoms with Crippen molar-refractivity contribution in [1.82, 2.24) is 5.32 Å². The van der Waals surface area contributed by atoms with Crippen molar-refractivity contribution >= 4 is 40.5 Å². The lowest BCUT2D eigenvalue weighted by Crippen LogP contribution is -2.34. The maximum absolute atomic E-state index is 12.7. The Labute approximate surface area is 151 Å². The fraction of sp³-hybridized carbons (Fsp3) is 0.125. The summed E-state index contributed by atoms with van der Waals surface area (Å²) < 4.78 is 43.2. The molecule has 2 aromatic carbocycles. The summed E-state index contributed by atoms with van der Waals surface area (Å²) in [6.07, 6.45) is -4.48. The minimum absolute atomic E-state index is 0.0955. The van der Waals surface area contributed by atoms with E-state index in [1.54, 1.807) is 6.07 Å². The highest BCUT2D eigenvalue weighted by Crippen LogP contribution is 2.30. The number of anilines is 1. The molecule has 0 heterocycles. The SMILES string of the molecule is COc1ccc(Cl)cc1C(=O)NC(=S)Nc1cccc(C(F)(F)F)c1. The molecule has 0 bridgehead atoms. The molecule has 0 aliphatic heterocycles. The smallest absolute Gasteiger partial charge is 0.416 e. The summed E-state index contributed by atoms with van der Waals surface area (Å²) >= 11 is 10.8. The van der Waals surface area contributed by atoms with E-state index < -0.39 is 17.6 Å². The number of methoxy groups -OCH3 is 1. The predicted molar refractivity (Wildman–Crippen MR) is 93.1 cm³/mol. The number of thiocarbonyl (C=S) groups is 1. The second-order valence-electron chi connectivity index (χ2n) is 4.83. The second kappa shape index (κ2) is 7.71. The van der Waals surface area contributed by atoms with Crippen LogP contribution in [0.2, 0.25) is 5.02 Å². The Morgan fingerprint density at radius 3 is 2.56 bits per heavy atom. The number of halogens is 4. The average molecular weight is 389 g/mol. The third-order valence-electron chi connectivity index (χ3n) is 3.08. The molecule has 0 aromatic heterocycles. The van der Waals surface area contributed by atoms with E-state index in [0.717, 1.165) is 12.1 Å². The second-order valence-corrected chi connectivity index (χ2v) is 5.68. The number of benzene rings is 2. The van der Waals surface area contributed by atoms with Crippen LogP contribution in [0.5, 0.6) is 5.75 Å². The first-order chi connectivity index (χ1) is 11.7. The van der Waals surface area contributed by atoms with E-state index in [4.69, 9.17) is 28.6 Å². The summed E-state index contributed by atoms with van der Waals surface area (Å²) in [5.74, 6) is -0.326. The monoisotopic (exact) mass is 388 g/mol. The molecule has 0 aliphatic rings. The molecule has 0 spiro atoms. The molecule has 0 fully saturated rings. The van der Waals surface area contributed by atoms with Gasteiger partial charge in [-0.3, -0.25) is 10.1 Å². The summed E-state index contributed by atoms with van der Waals surface area (Å²) in [5.41, 5.74) is -0.593. The maximum Gasteiger partial charge on any atom is 0.416 e. The minimum Gasteiger partial charge on any atom is -0.496 e. The number of alkyl halides is 3. The van der Waals surface area contributed by atoms with Crippen LogP contribution < -0.4 is 15.4 Å². The Kier molecular flexibility index (Phi) is 5.86. The van der Waals surface area contributed by atoms with Crippen LogP contribution in [0, 0.1) is 0 Å². The molecule has 132 valence electrons. The molecule has 0 unspecified atom stereocenters. The molecule has 0 atom stereocenters. The Bertz CT molecular complexity index is 812. The zero-order valence-corrected chi connectivity index (χ0v) is 14.4. The Hall–Kier alpha value is -2.32. The van der Waals surface area contributed by atoms with Crippen LogP contribution >= 0.6 is 23.8 Å². The average Bonchev–Trinajstić information content (AvgIpc) is 2.54. The molecule has 0 saturated heterocycles. The molecule has 1 amide bonds. The highest BCUT2D eigenvalue weighted by molar-refractivity contribution is 7.80. The molecular formula is C16H12ClF3N2O2S. The number of carbonyl (C=O) groups is 1. The van der Waals surface area contributed by atoms with Crippen molar-refractivity contribution in [1.29, 1.82) is 0 Å². The van der Waals surface area contributed by atoms with Gasteiger partial charge >= 0.3 is 6.18 Å². The summed E-state index contributed by atoms with van der Waals surface area (Å²) in [5, 5.41) is 5.06. The van der Waals surface area contributed by atoms with Gasteiger partial charge in [-0.15, -0.1) is 0 Å². The summed E-state index contributed by atoms with van der Waals surface area (Å²) in [6.45, 7) is 0. The van der Waals surface area contributed by atoms with Gasteiger partial charge in [0.1, 0.15) is 5.75 Å². The maximum atomic E-state index is 12.7. The van der Waals surface area contributed by atoms with Gasteiger partial charge in [0.15, 0.2) is 5.11 Å². The predicted octanol–water partition coefficient (Wildman–Crippen LogP) is 4.49. The fourth-order valence-electron chi connectivity index (χ4n) is 1.96. The zero-order chi connectivity index (χ0) is 18.6. The van der Waals surface area contributed by atoms with Gasteiger partial charge < -0.3 is 10.1 Å². The summed E-state index contributed by atoms with van der Waals surface area (Å²) in [4.78, 5) is 12.2. The highest BCUT2D eigenvalue weighted by atomic mass is 35.5. The molecule has 0 saturated carbocycles. The lowest BCUT2D eigenvalue weighted by Gasteiger charge is -2.13. The number of nitrogens with one attached hydrogen (secondary N) is 2. The van der Waals surface area contributed by atoms with E-state index in [2.05, 4.69) is 10.6 Å². The van der Waals surface area contributed by atoms with Gasteiger partial charge in [-0.1, -0.05) is 17.7 Å². The number of hydrogen-bond donors (Lipinski definition) is 2. The van der Waals surface area contributed by atoms with E-state index in [1.165, 1.54) is 31.4 Å². The molecule has 9 heteroatoms. The van der Waals surface area contributed by atoms with E-state index in [9.17, 15) is 18.0 Å². The summed E-state index contributed by atoms with van der Waals surface area (Å²) in [6, 6.07) is 8.91. The van der Waals surface area contributed by atoms with E-state index in [0.29, 0.717) is 5.02 Å². The standard InChI is InChI=1S/C16H12ClF3N2O2S/c1-24-13-6-5-10(17)8-12(13)14(23)22-15(25)21-11-4-2-3-9(7-11)16(18,19)20/h2-8H,1H3,(H2,21,22,23,25). The van der Waals surface area contributed by atoms with Gasteiger partial charge in [0.2, 0.25) is 0 Å². The van der Waals surface area contributed by atoms with Crippen LogP contribution in [0.1, 0.15) is 15.9 Å². The molecule has 2 N–H and O–H groups in total. The van der Waals surface area contributed by atoms with Crippen molar-refractivity contribution in [3.05, 3.63) is 58.6 Å². The molecule has 25 heavy (non-hydrogen) atoms. The first-order valence-corrected chi connectivity index (χ1v) is 7.62. The number of carbonyl (C=O) groups excluding carboxylic acids is 1. The number of rotatable bonds is 3. The third kappa shape index (κ3) is 5.07. The summed E-state index contributed by atoms with van der Waals surface area (Å²) in [7, 11) is 1.39. The van der Waals surface area contributed by atoms with Crippen molar-refractivity contribution in [3.8, 4) is 5.75 Å². The third-order valence-corrected chi connectivity index (χ3v) is 3.52. The van der Waals surface area contributed by atoms with E-state index in [-0.39, 0.29) is 22.1 Å². The van der Waals surface area contributed by atoms with Gasteiger partial charge in [-0.2, -0.15) is 13.2 Å². The van der Waals surface area contributed by atoms with Crippen LogP contribution in [0.15, 0.2) is 42.5 Å². The van der Waals surface area contributed by atoms with Gasteiger partial charge in [-0.25, -0.2) is 0 Å².